The number of anilines is 2. The normalized spacial score (nSPS) is 26.7. The molecule has 1 spiro atoms. The Kier molecular flexibility index (Phi) is 6.05. The number of ether oxygens (including phenoxy) is 1. The van der Waals surface area contributed by atoms with E-state index < -0.39 is 29.2 Å². The molecule has 0 unspecified atom stereocenters. The van der Waals surface area contributed by atoms with Crippen LogP contribution in [0.1, 0.15) is 45.2 Å². The van der Waals surface area contributed by atoms with Crippen LogP contribution in [-0.4, -0.2) is 35.3 Å². The Morgan fingerprint density at radius 3 is 2.48 bits per heavy atom. The van der Waals surface area contributed by atoms with Crippen LogP contribution in [0.3, 0.4) is 0 Å². The number of benzene rings is 2. The zero-order valence-corrected chi connectivity index (χ0v) is 19.5. The van der Waals surface area contributed by atoms with E-state index >= 15 is 4.39 Å². The van der Waals surface area contributed by atoms with Crippen molar-refractivity contribution in [2.24, 2.45) is 11.8 Å². The number of nitrogens with zero attached hydrogens (tertiary/aromatic N) is 1. The van der Waals surface area contributed by atoms with E-state index in [0.29, 0.717) is 12.2 Å². The van der Waals surface area contributed by atoms with Gasteiger partial charge in [0.2, 0.25) is 5.91 Å². The van der Waals surface area contributed by atoms with E-state index in [1.54, 1.807) is 17.0 Å². The van der Waals surface area contributed by atoms with Crippen molar-refractivity contribution in [2.45, 2.75) is 58.0 Å². The smallest absolute Gasteiger partial charge is 0.264 e. The topological polar surface area (TPSA) is 78.9 Å². The van der Waals surface area contributed by atoms with E-state index in [4.69, 9.17) is 4.74 Å². The fourth-order valence-corrected chi connectivity index (χ4v) is 5.63. The molecule has 176 valence electrons. The third-order valence-electron chi connectivity index (χ3n) is 6.90. The first-order valence-corrected chi connectivity index (χ1v) is 11.3. The average molecular weight is 455 g/mol. The number of carbonyl (C=O) groups is 2. The first-order chi connectivity index (χ1) is 15.6. The minimum atomic E-state index is -1.58. The molecule has 4 atom stereocenters. The summed E-state index contributed by atoms with van der Waals surface area (Å²) in [5, 5.41) is 12.3. The number of hydrogen-bond acceptors (Lipinski definition) is 4. The number of amides is 2. The Morgan fingerprint density at radius 1 is 1.21 bits per heavy atom. The van der Waals surface area contributed by atoms with Gasteiger partial charge in [-0.2, -0.15) is 0 Å². The SMILES string of the molecule is CC(=O)Nc1ccc(CN2C(=O)[C@]3(O[C@H](CCO)[C@@H](C(C)(C)F)[C@@H]3C)c3ccccc32)cc1. The molecule has 0 aliphatic carbocycles. The van der Waals surface area contributed by atoms with Gasteiger partial charge >= 0.3 is 0 Å². The van der Waals surface area contributed by atoms with Gasteiger partial charge in [0.05, 0.1) is 18.3 Å². The minimum absolute atomic E-state index is 0.139. The molecule has 0 radical (unpaired) electrons. The molecule has 1 saturated heterocycles. The second-order valence-corrected chi connectivity index (χ2v) is 9.57. The minimum Gasteiger partial charge on any atom is -0.396 e. The molecule has 2 heterocycles. The van der Waals surface area contributed by atoms with E-state index in [1.807, 2.05) is 43.3 Å². The molecule has 2 aliphatic rings. The molecule has 2 aliphatic heterocycles. The number of aliphatic hydroxyl groups excluding tert-OH is 1. The number of aliphatic hydroxyl groups is 1. The molecule has 6 nitrogen and oxygen atoms in total. The lowest BCUT2D eigenvalue weighted by Crippen LogP contribution is -2.45. The quantitative estimate of drug-likeness (QED) is 0.687. The van der Waals surface area contributed by atoms with Crippen molar-refractivity contribution in [1.82, 2.24) is 0 Å². The lowest BCUT2D eigenvalue weighted by molar-refractivity contribution is -0.146. The Hall–Kier alpha value is -2.77. The van der Waals surface area contributed by atoms with Gasteiger partial charge in [-0.25, -0.2) is 4.39 Å². The molecular formula is C26H31FN2O4. The maximum absolute atomic E-state index is 15.3. The van der Waals surface area contributed by atoms with Crippen LogP contribution in [0.15, 0.2) is 48.5 Å². The second-order valence-electron chi connectivity index (χ2n) is 9.57. The van der Waals surface area contributed by atoms with Crippen LogP contribution in [0.5, 0.6) is 0 Å². The number of rotatable bonds is 6. The Balaban J connectivity index is 1.71. The van der Waals surface area contributed by atoms with Crippen LogP contribution in [0, 0.1) is 11.8 Å². The molecule has 0 bridgehead atoms. The van der Waals surface area contributed by atoms with Crippen molar-refractivity contribution in [2.75, 3.05) is 16.8 Å². The predicted octanol–water partition coefficient (Wildman–Crippen LogP) is 4.17. The Bertz CT molecular complexity index is 1050. The van der Waals surface area contributed by atoms with E-state index in [9.17, 15) is 14.7 Å². The summed E-state index contributed by atoms with van der Waals surface area (Å²) in [5.41, 5.74) is 0.200. The lowest BCUT2D eigenvalue weighted by atomic mass is 9.71. The summed E-state index contributed by atoms with van der Waals surface area (Å²) in [6.45, 7) is 6.54. The summed E-state index contributed by atoms with van der Waals surface area (Å²) in [6, 6.07) is 14.8. The first kappa shape index (κ1) is 23.4. The monoisotopic (exact) mass is 454 g/mol. The van der Waals surface area contributed by atoms with Gasteiger partial charge in [-0.15, -0.1) is 0 Å². The van der Waals surface area contributed by atoms with Gasteiger partial charge in [-0.1, -0.05) is 37.3 Å². The number of carbonyl (C=O) groups excluding carboxylic acids is 2. The molecule has 33 heavy (non-hydrogen) atoms. The van der Waals surface area contributed by atoms with Gasteiger partial charge in [0, 0.05) is 36.6 Å². The van der Waals surface area contributed by atoms with Crippen molar-refractivity contribution in [3.8, 4) is 0 Å². The Labute approximate surface area is 193 Å². The zero-order valence-electron chi connectivity index (χ0n) is 19.5. The molecule has 2 aromatic rings. The number of alkyl halides is 1. The molecule has 0 saturated carbocycles. The molecule has 0 aromatic heterocycles. The Morgan fingerprint density at radius 2 is 1.88 bits per heavy atom. The highest BCUT2D eigenvalue weighted by Crippen LogP contribution is 2.58. The summed E-state index contributed by atoms with van der Waals surface area (Å²) in [5.74, 6) is -1.33. The van der Waals surface area contributed by atoms with Crippen LogP contribution in [-0.2, 0) is 26.5 Å². The van der Waals surface area contributed by atoms with Crippen LogP contribution >= 0.6 is 0 Å². The highest BCUT2D eigenvalue weighted by atomic mass is 19.1. The van der Waals surface area contributed by atoms with Crippen molar-refractivity contribution in [1.29, 1.82) is 0 Å². The summed E-state index contributed by atoms with van der Waals surface area (Å²) >= 11 is 0. The molecule has 2 N–H and O–H groups in total. The standard InChI is InChI=1S/C26H31FN2O4/c1-16-23(25(3,4)27)22(13-14-30)33-26(16)20-7-5-6-8-21(20)29(24(26)32)15-18-9-11-19(12-10-18)28-17(2)31/h5-12,16,22-23,30H,13-15H2,1-4H3,(H,28,31)/t16-,22+,23-,26+/m0/s1. The first-order valence-electron chi connectivity index (χ1n) is 11.3. The van der Waals surface area contributed by atoms with E-state index in [0.717, 1.165) is 16.8 Å². The predicted molar refractivity (Wildman–Crippen MR) is 124 cm³/mol. The largest absolute Gasteiger partial charge is 0.396 e. The van der Waals surface area contributed by atoms with Crippen LogP contribution in [0.4, 0.5) is 15.8 Å². The number of nitrogens with one attached hydrogen (secondary N) is 1. The highest BCUT2D eigenvalue weighted by molar-refractivity contribution is 6.07. The fourth-order valence-electron chi connectivity index (χ4n) is 5.63. The summed E-state index contributed by atoms with van der Waals surface area (Å²) in [6.07, 6.45) is -0.302. The van der Waals surface area contributed by atoms with Gasteiger partial charge in [0.15, 0.2) is 5.60 Å². The third-order valence-corrected chi connectivity index (χ3v) is 6.90. The van der Waals surface area contributed by atoms with Crippen molar-refractivity contribution in [3.63, 3.8) is 0 Å². The third kappa shape index (κ3) is 3.93. The molecule has 4 rings (SSSR count). The zero-order chi connectivity index (χ0) is 24.0. The molecule has 7 heteroatoms. The number of halogens is 1. The second kappa shape index (κ2) is 8.54. The van der Waals surface area contributed by atoms with Gasteiger partial charge < -0.3 is 20.1 Å². The summed E-state index contributed by atoms with van der Waals surface area (Å²) in [7, 11) is 0. The summed E-state index contributed by atoms with van der Waals surface area (Å²) in [4.78, 5) is 27.0. The average Bonchev–Trinajstić information content (AvgIpc) is 3.17. The molecular weight excluding hydrogens is 423 g/mol. The van der Waals surface area contributed by atoms with Crippen LogP contribution < -0.4 is 10.2 Å². The van der Waals surface area contributed by atoms with Crippen molar-refractivity contribution < 1.29 is 23.8 Å². The molecule has 2 amide bonds. The number of para-hydroxylation sites is 1. The fraction of sp³-hybridized carbons (Fsp3) is 0.462. The molecule has 1 fully saturated rings. The molecule has 2 aromatic carbocycles. The van der Waals surface area contributed by atoms with Gasteiger partial charge in [-0.05, 0) is 44.0 Å². The highest BCUT2D eigenvalue weighted by Gasteiger charge is 2.65. The van der Waals surface area contributed by atoms with Gasteiger partial charge in [-0.3, -0.25) is 9.59 Å². The van der Waals surface area contributed by atoms with E-state index in [1.165, 1.54) is 20.8 Å². The summed E-state index contributed by atoms with van der Waals surface area (Å²) < 4.78 is 21.7. The van der Waals surface area contributed by atoms with Crippen molar-refractivity contribution in [3.05, 3.63) is 59.7 Å². The lowest BCUT2D eigenvalue weighted by Gasteiger charge is -2.32. The van der Waals surface area contributed by atoms with Crippen molar-refractivity contribution >= 4 is 23.2 Å². The van der Waals surface area contributed by atoms with E-state index in [2.05, 4.69) is 5.32 Å². The number of fused-ring (bicyclic) bond motifs is 2. The maximum Gasteiger partial charge on any atom is 0.264 e. The van der Waals surface area contributed by atoms with E-state index in [-0.39, 0.29) is 24.8 Å². The van der Waals surface area contributed by atoms with Crippen LogP contribution in [0.25, 0.3) is 0 Å². The van der Waals surface area contributed by atoms with Gasteiger partial charge in [0.25, 0.3) is 5.91 Å². The number of hydrogen-bond donors (Lipinski definition) is 2. The maximum atomic E-state index is 15.3. The van der Waals surface area contributed by atoms with Gasteiger partial charge in [0.1, 0.15) is 5.67 Å². The van der Waals surface area contributed by atoms with Crippen LogP contribution in [0.2, 0.25) is 0 Å².